The summed E-state index contributed by atoms with van der Waals surface area (Å²) < 4.78 is 0. The van der Waals surface area contributed by atoms with E-state index in [9.17, 15) is 9.59 Å². The van der Waals surface area contributed by atoms with Crippen molar-refractivity contribution in [3.8, 4) is 0 Å². The van der Waals surface area contributed by atoms with Gasteiger partial charge in [0.25, 0.3) is 0 Å². The lowest BCUT2D eigenvalue weighted by Gasteiger charge is -2.20. The predicted octanol–water partition coefficient (Wildman–Crippen LogP) is 0.469. The highest BCUT2D eigenvalue weighted by molar-refractivity contribution is 5.85. The maximum atomic E-state index is 12.0. The molecule has 2 amide bonds. The van der Waals surface area contributed by atoms with E-state index in [0.29, 0.717) is 25.5 Å². The Morgan fingerprint density at radius 1 is 1.13 bits per heavy atom. The van der Waals surface area contributed by atoms with Crippen molar-refractivity contribution in [3.63, 3.8) is 0 Å². The molecule has 7 heteroatoms. The SMILES string of the molecule is CCNC(=NCC(=O)NC(C)(C)C)NCCC(=O)N1CCCC1. The lowest BCUT2D eigenvalue weighted by atomic mass is 10.1. The van der Waals surface area contributed by atoms with Crippen LogP contribution in [0.1, 0.15) is 47.0 Å². The van der Waals surface area contributed by atoms with Gasteiger partial charge in [0, 0.05) is 38.1 Å². The summed E-state index contributed by atoms with van der Waals surface area (Å²) in [6.45, 7) is 10.8. The second-order valence-electron chi connectivity index (χ2n) is 6.76. The van der Waals surface area contributed by atoms with Crippen molar-refractivity contribution >= 4 is 17.8 Å². The number of nitrogens with one attached hydrogen (secondary N) is 3. The van der Waals surface area contributed by atoms with E-state index in [1.54, 1.807) is 0 Å². The molecule has 7 nitrogen and oxygen atoms in total. The fourth-order valence-electron chi connectivity index (χ4n) is 2.36. The average Bonchev–Trinajstić information content (AvgIpc) is 2.97. The molecule has 0 saturated carbocycles. The number of carbonyl (C=O) groups is 2. The quantitative estimate of drug-likeness (QED) is 0.489. The number of rotatable bonds is 6. The number of carbonyl (C=O) groups excluding carboxylic acids is 2. The van der Waals surface area contributed by atoms with Gasteiger partial charge in [-0.2, -0.15) is 0 Å². The summed E-state index contributed by atoms with van der Waals surface area (Å²) >= 11 is 0. The molecule has 3 N–H and O–H groups in total. The first-order valence-corrected chi connectivity index (χ1v) is 8.43. The molecule has 1 aliphatic rings. The maximum absolute atomic E-state index is 12.0. The van der Waals surface area contributed by atoms with Crippen LogP contribution in [0, 0.1) is 0 Å². The Morgan fingerprint density at radius 2 is 1.78 bits per heavy atom. The highest BCUT2D eigenvalue weighted by Crippen LogP contribution is 2.08. The maximum Gasteiger partial charge on any atom is 0.242 e. The van der Waals surface area contributed by atoms with E-state index < -0.39 is 0 Å². The summed E-state index contributed by atoms with van der Waals surface area (Å²) in [5.74, 6) is 0.616. The van der Waals surface area contributed by atoms with Crippen molar-refractivity contribution in [3.05, 3.63) is 0 Å². The zero-order valence-electron chi connectivity index (χ0n) is 14.9. The van der Waals surface area contributed by atoms with Gasteiger partial charge in [0.1, 0.15) is 6.54 Å². The molecule has 1 aliphatic heterocycles. The predicted molar refractivity (Wildman–Crippen MR) is 92.3 cm³/mol. The topological polar surface area (TPSA) is 85.8 Å². The number of amides is 2. The monoisotopic (exact) mass is 325 g/mol. The molecule has 0 atom stereocenters. The molecule has 0 aliphatic carbocycles. The Bertz CT molecular complexity index is 423. The highest BCUT2D eigenvalue weighted by Gasteiger charge is 2.17. The second-order valence-corrected chi connectivity index (χ2v) is 6.76. The molecule has 0 radical (unpaired) electrons. The fourth-order valence-corrected chi connectivity index (χ4v) is 2.36. The van der Waals surface area contributed by atoms with E-state index in [1.165, 1.54) is 0 Å². The van der Waals surface area contributed by atoms with Gasteiger partial charge >= 0.3 is 0 Å². The molecule has 0 aromatic rings. The van der Waals surface area contributed by atoms with E-state index in [4.69, 9.17) is 0 Å². The first kappa shape index (κ1) is 19.3. The Labute approximate surface area is 139 Å². The molecule has 23 heavy (non-hydrogen) atoms. The molecule has 1 saturated heterocycles. The molecule has 0 bridgehead atoms. The van der Waals surface area contributed by atoms with Crippen molar-refractivity contribution in [2.75, 3.05) is 32.7 Å². The Balaban J connectivity index is 2.36. The van der Waals surface area contributed by atoms with Crippen LogP contribution in [-0.2, 0) is 9.59 Å². The van der Waals surface area contributed by atoms with Crippen molar-refractivity contribution in [2.45, 2.75) is 52.5 Å². The van der Waals surface area contributed by atoms with Crippen LogP contribution in [0.3, 0.4) is 0 Å². The van der Waals surface area contributed by atoms with Gasteiger partial charge in [-0.05, 0) is 40.5 Å². The van der Waals surface area contributed by atoms with Crippen LogP contribution in [0.5, 0.6) is 0 Å². The molecule has 0 aromatic carbocycles. The molecule has 1 fully saturated rings. The van der Waals surface area contributed by atoms with Crippen molar-refractivity contribution in [1.82, 2.24) is 20.9 Å². The van der Waals surface area contributed by atoms with E-state index in [2.05, 4.69) is 20.9 Å². The lowest BCUT2D eigenvalue weighted by molar-refractivity contribution is -0.130. The minimum atomic E-state index is -0.263. The number of likely N-dealkylation sites (tertiary alicyclic amines) is 1. The van der Waals surface area contributed by atoms with Crippen molar-refractivity contribution < 1.29 is 9.59 Å². The highest BCUT2D eigenvalue weighted by atomic mass is 16.2. The fraction of sp³-hybridized carbons (Fsp3) is 0.812. The molecule has 1 rings (SSSR count). The molecule has 132 valence electrons. The summed E-state index contributed by atoms with van der Waals surface area (Å²) in [7, 11) is 0. The molecule has 0 spiro atoms. The summed E-state index contributed by atoms with van der Waals surface area (Å²) in [6.07, 6.45) is 2.65. The van der Waals surface area contributed by atoms with Crippen LogP contribution in [0.15, 0.2) is 4.99 Å². The zero-order valence-corrected chi connectivity index (χ0v) is 14.9. The van der Waals surface area contributed by atoms with E-state index in [1.807, 2.05) is 32.6 Å². The molecule has 1 heterocycles. The van der Waals surface area contributed by atoms with E-state index in [-0.39, 0.29) is 23.9 Å². The zero-order chi connectivity index (χ0) is 17.3. The summed E-state index contributed by atoms with van der Waals surface area (Å²) in [5, 5.41) is 9.05. The van der Waals surface area contributed by atoms with Gasteiger partial charge in [-0.15, -0.1) is 0 Å². The van der Waals surface area contributed by atoms with Gasteiger partial charge in [0.15, 0.2) is 5.96 Å². The number of hydrogen-bond donors (Lipinski definition) is 3. The Kier molecular flexibility index (Phi) is 7.85. The molecular formula is C16H31N5O2. The molecule has 0 unspecified atom stereocenters. The third-order valence-corrected chi connectivity index (χ3v) is 3.33. The first-order chi connectivity index (χ1) is 10.8. The standard InChI is InChI=1S/C16H31N5O2/c1-5-17-15(19-12-13(22)20-16(2,3)4)18-9-8-14(23)21-10-6-7-11-21/h5-12H2,1-4H3,(H,20,22)(H2,17,18,19). The third kappa shape index (κ3) is 8.42. The third-order valence-electron chi connectivity index (χ3n) is 3.33. The minimum absolute atomic E-state index is 0.0622. The lowest BCUT2D eigenvalue weighted by Crippen LogP contribution is -2.43. The largest absolute Gasteiger partial charge is 0.357 e. The minimum Gasteiger partial charge on any atom is -0.357 e. The van der Waals surface area contributed by atoms with Gasteiger partial charge in [0.05, 0.1) is 0 Å². The van der Waals surface area contributed by atoms with Gasteiger partial charge < -0.3 is 20.9 Å². The normalized spacial score (nSPS) is 15.5. The van der Waals surface area contributed by atoms with Gasteiger partial charge in [0.2, 0.25) is 11.8 Å². The first-order valence-electron chi connectivity index (χ1n) is 8.43. The second kappa shape index (κ2) is 9.37. The van der Waals surface area contributed by atoms with E-state index in [0.717, 1.165) is 25.9 Å². The number of hydrogen-bond acceptors (Lipinski definition) is 3. The van der Waals surface area contributed by atoms with Crippen molar-refractivity contribution in [1.29, 1.82) is 0 Å². The van der Waals surface area contributed by atoms with E-state index >= 15 is 0 Å². The van der Waals surface area contributed by atoms with Crippen LogP contribution in [0.4, 0.5) is 0 Å². The number of guanidine groups is 1. The van der Waals surface area contributed by atoms with Crippen LogP contribution < -0.4 is 16.0 Å². The molecular weight excluding hydrogens is 294 g/mol. The van der Waals surface area contributed by atoms with Crippen LogP contribution in [-0.4, -0.2) is 60.9 Å². The summed E-state index contributed by atoms with van der Waals surface area (Å²) in [4.78, 5) is 29.9. The summed E-state index contributed by atoms with van der Waals surface area (Å²) in [6, 6.07) is 0. The van der Waals surface area contributed by atoms with Crippen LogP contribution >= 0.6 is 0 Å². The molecule has 0 aromatic heterocycles. The number of nitrogens with zero attached hydrogens (tertiary/aromatic N) is 2. The van der Waals surface area contributed by atoms with Crippen LogP contribution in [0.2, 0.25) is 0 Å². The van der Waals surface area contributed by atoms with Gasteiger partial charge in [-0.1, -0.05) is 0 Å². The van der Waals surface area contributed by atoms with Crippen molar-refractivity contribution in [2.24, 2.45) is 4.99 Å². The number of aliphatic imine (C=N–C) groups is 1. The van der Waals surface area contributed by atoms with Gasteiger partial charge in [-0.3, -0.25) is 9.59 Å². The summed E-state index contributed by atoms with van der Waals surface area (Å²) in [5.41, 5.74) is -0.263. The smallest absolute Gasteiger partial charge is 0.242 e. The average molecular weight is 325 g/mol. The van der Waals surface area contributed by atoms with Crippen LogP contribution in [0.25, 0.3) is 0 Å². The Morgan fingerprint density at radius 3 is 2.35 bits per heavy atom. The van der Waals surface area contributed by atoms with Gasteiger partial charge in [-0.25, -0.2) is 4.99 Å². The Hall–Kier alpha value is -1.79.